The maximum atomic E-state index is 10.7. The van der Waals surface area contributed by atoms with Gasteiger partial charge in [-0.25, -0.2) is 0 Å². The summed E-state index contributed by atoms with van der Waals surface area (Å²) in [4.78, 5) is 2.37. The summed E-state index contributed by atoms with van der Waals surface area (Å²) in [6.45, 7) is 10.2. The second kappa shape index (κ2) is 10.1. The first-order valence-corrected chi connectivity index (χ1v) is 12.8. The van der Waals surface area contributed by atoms with E-state index in [1.165, 1.54) is 10.5 Å². The molecule has 172 valence electrons. The van der Waals surface area contributed by atoms with Crippen LogP contribution in [0.5, 0.6) is 11.5 Å². The SMILES string of the molecule is CCN(CC)CCn1nc2c3c(c(NCCNCCO)ccc31)[Se]c1cc(O)cc(O)c1-2. The van der Waals surface area contributed by atoms with Crippen LogP contribution < -0.4 is 19.6 Å². The van der Waals surface area contributed by atoms with Crippen molar-refractivity contribution in [1.29, 1.82) is 0 Å². The molecule has 8 nitrogen and oxygen atoms in total. The number of anilines is 1. The summed E-state index contributed by atoms with van der Waals surface area (Å²) >= 11 is -0.0916. The Balaban J connectivity index is 1.74. The third kappa shape index (κ3) is 4.44. The third-order valence-corrected chi connectivity index (χ3v) is 8.27. The van der Waals surface area contributed by atoms with Crippen molar-refractivity contribution in [3.63, 3.8) is 0 Å². The molecule has 0 bridgehead atoms. The van der Waals surface area contributed by atoms with Gasteiger partial charge >= 0.3 is 194 Å². The van der Waals surface area contributed by atoms with Gasteiger partial charge in [0.1, 0.15) is 0 Å². The van der Waals surface area contributed by atoms with E-state index in [-0.39, 0.29) is 33.1 Å². The molecule has 0 spiro atoms. The average molecular weight is 504 g/mol. The zero-order chi connectivity index (χ0) is 22.7. The van der Waals surface area contributed by atoms with E-state index in [2.05, 4.69) is 46.2 Å². The van der Waals surface area contributed by atoms with Crippen LogP contribution in [-0.2, 0) is 6.54 Å². The molecule has 0 saturated carbocycles. The Labute approximate surface area is 194 Å². The van der Waals surface area contributed by atoms with Gasteiger partial charge in [0.2, 0.25) is 0 Å². The normalized spacial score (nSPS) is 12.5. The number of fused-ring (bicyclic) bond motifs is 2. The summed E-state index contributed by atoms with van der Waals surface area (Å²) in [7, 11) is 0. The van der Waals surface area contributed by atoms with Crippen LogP contribution in [0.2, 0.25) is 0 Å². The van der Waals surface area contributed by atoms with E-state index in [0.29, 0.717) is 6.54 Å². The molecular formula is C23H31N5O3Se. The summed E-state index contributed by atoms with van der Waals surface area (Å²) in [6.07, 6.45) is 0. The predicted molar refractivity (Wildman–Crippen MR) is 130 cm³/mol. The summed E-state index contributed by atoms with van der Waals surface area (Å²) in [6, 6.07) is 7.37. The number of hydrogen-bond donors (Lipinski definition) is 5. The van der Waals surface area contributed by atoms with Gasteiger partial charge in [-0.2, -0.15) is 0 Å². The van der Waals surface area contributed by atoms with Crippen LogP contribution in [0.25, 0.3) is 22.2 Å². The van der Waals surface area contributed by atoms with E-state index >= 15 is 0 Å². The van der Waals surface area contributed by atoms with E-state index in [4.69, 9.17) is 10.2 Å². The number of hydrogen-bond acceptors (Lipinski definition) is 7. The number of rotatable bonds is 11. The number of aliphatic hydroxyl groups excluding tert-OH is 1. The molecule has 9 heteroatoms. The van der Waals surface area contributed by atoms with Gasteiger partial charge in [-0.1, -0.05) is 0 Å². The molecule has 0 unspecified atom stereocenters. The first-order chi connectivity index (χ1) is 15.6. The number of nitrogens with one attached hydrogen (secondary N) is 2. The van der Waals surface area contributed by atoms with Gasteiger partial charge in [0.25, 0.3) is 0 Å². The van der Waals surface area contributed by atoms with Crippen LogP contribution in [0.1, 0.15) is 13.8 Å². The molecule has 0 aliphatic carbocycles. The Hall–Kier alpha value is -2.29. The minimum atomic E-state index is -0.0916. The van der Waals surface area contributed by atoms with Crippen LogP contribution in [0.4, 0.5) is 5.69 Å². The quantitative estimate of drug-likeness (QED) is 0.149. The Morgan fingerprint density at radius 2 is 1.91 bits per heavy atom. The fourth-order valence-corrected chi connectivity index (χ4v) is 6.75. The number of nitrogens with zero attached hydrogens (tertiary/aromatic N) is 3. The van der Waals surface area contributed by atoms with Crippen LogP contribution in [0.3, 0.4) is 0 Å². The first-order valence-electron chi connectivity index (χ1n) is 11.1. The number of phenolic OH excluding ortho intramolecular Hbond substituents is 2. The molecule has 0 fully saturated rings. The molecule has 0 radical (unpaired) electrons. The van der Waals surface area contributed by atoms with Gasteiger partial charge < -0.3 is 0 Å². The summed E-state index contributed by atoms with van der Waals surface area (Å²) in [5, 5.41) is 42.4. The molecule has 2 aromatic carbocycles. The number of phenols is 2. The van der Waals surface area contributed by atoms with Crippen molar-refractivity contribution in [3.8, 4) is 22.8 Å². The first kappa shape index (κ1) is 22.9. The number of likely N-dealkylation sites (N-methyl/N-ethyl adjacent to an activating group) is 1. The number of benzene rings is 2. The maximum absolute atomic E-state index is 10.7. The van der Waals surface area contributed by atoms with Gasteiger partial charge in [0.15, 0.2) is 0 Å². The van der Waals surface area contributed by atoms with Crippen LogP contribution in [0, 0.1) is 0 Å². The minimum absolute atomic E-state index is 0.0717. The van der Waals surface area contributed by atoms with Crippen molar-refractivity contribution >= 4 is 40.5 Å². The molecule has 2 heterocycles. The van der Waals surface area contributed by atoms with Crippen molar-refractivity contribution in [2.75, 3.05) is 51.2 Å². The molecule has 1 aromatic heterocycles. The third-order valence-electron chi connectivity index (χ3n) is 5.81. The van der Waals surface area contributed by atoms with E-state index in [1.807, 2.05) is 0 Å². The van der Waals surface area contributed by atoms with Crippen LogP contribution in [0.15, 0.2) is 24.3 Å². The van der Waals surface area contributed by atoms with Crippen molar-refractivity contribution in [2.45, 2.75) is 20.4 Å². The Morgan fingerprint density at radius 1 is 1.09 bits per heavy atom. The van der Waals surface area contributed by atoms with Gasteiger partial charge in [-0.15, -0.1) is 0 Å². The predicted octanol–water partition coefficient (Wildman–Crippen LogP) is 0.419. The Kier molecular flexibility index (Phi) is 7.23. The summed E-state index contributed by atoms with van der Waals surface area (Å²) in [5.41, 5.74) is 3.66. The number of aromatic hydroxyl groups is 2. The molecule has 0 atom stereocenters. The van der Waals surface area contributed by atoms with E-state index in [9.17, 15) is 10.2 Å². The molecule has 0 amide bonds. The van der Waals surface area contributed by atoms with Crippen LogP contribution >= 0.6 is 0 Å². The standard InChI is InChI=1S/C23H31N5O3Se/c1-3-27(4-2)10-11-28-17-6-5-16(25-8-7-24-9-12-29)23-20(17)22(26-28)21-18(31)13-15(30)14-19(21)32-23/h5-6,13-14,24-25,29-31H,3-4,7-12H2,1-2H3. The second-order valence-corrected chi connectivity index (χ2v) is 9.98. The average Bonchev–Trinajstić information content (AvgIpc) is 3.14. The zero-order valence-electron chi connectivity index (χ0n) is 18.6. The molecule has 5 N–H and O–H groups in total. The van der Waals surface area contributed by atoms with Crippen molar-refractivity contribution in [2.24, 2.45) is 0 Å². The fourth-order valence-electron chi connectivity index (χ4n) is 4.11. The molecule has 1 aliphatic heterocycles. The van der Waals surface area contributed by atoms with Gasteiger partial charge in [0, 0.05) is 0 Å². The monoisotopic (exact) mass is 505 g/mol. The molecular weight excluding hydrogens is 473 g/mol. The topological polar surface area (TPSA) is 106 Å². The van der Waals surface area contributed by atoms with Gasteiger partial charge in [-0.05, 0) is 0 Å². The number of aliphatic hydroxyl groups is 1. The second-order valence-electron chi connectivity index (χ2n) is 7.78. The van der Waals surface area contributed by atoms with Crippen molar-refractivity contribution < 1.29 is 15.3 Å². The summed E-state index contributed by atoms with van der Waals surface area (Å²) < 4.78 is 4.18. The molecule has 4 rings (SSSR count). The van der Waals surface area contributed by atoms with Crippen molar-refractivity contribution in [1.82, 2.24) is 20.0 Å². The molecule has 32 heavy (non-hydrogen) atoms. The van der Waals surface area contributed by atoms with Crippen molar-refractivity contribution in [3.05, 3.63) is 24.3 Å². The zero-order valence-corrected chi connectivity index (χ0v) is 20.3. The van der Waals surface area contributed by atoms with Crippen LogP contribution in [-0.4, -0.2) is 90.8 Å². The Bertz CT molecular complexity index is 1100. The summed E-state index contributed by atoms with van der Waals surface area (Å²) in [5.74, 6) is 0.150. The van der Waals surface area contributed by atoms with Gasteiger partial charge in [0.05, 0.1) is 0 Å². The molecule has 1 aliphatic rings. The van der Waals surface area contributed by atoms with E-state index in [1.54, 1.807) is 6.07 Å². The number of aromatic nitrogens is 2. The van der Waals surface area contributed by atoms with Gasteiger partial charge in [-0.3, -0.25) is 0 Å². The Morgan fingerprint density at radius 3 is 2.66 bits per heavy atom. The molecule has 0 saturated heterocycles. The van der Waals surface area contributed by atoms with E-state index in [0.717, 1.165) is 71.6 Å². The van der Waals surface area contributed by atoms with E-state index < -0.39 is 0 Å². The molecule has 3 aromatic rings. The fraction of sp³-hybridized carbons (Fsp3) is 0.435.